The molecule has 0 spiro atoms. The normalized spacial score (nSPS) is 16.6. The number of nitrogens with two attached hydrogens (primary N) is 1. The number of thiocarbonyl (C=S) groups is 1. The summed E-state index contributed by atoms with van der Waals surface area (Å²) in [5.41, 5.74) is 5.17. The van der Waals surface area contributed by atoms with Gasteiger partial charge in [-0.2, -0.15) is 0 Å². The van der Waals surface area contributed by atoms with Crippen molar-refractivity contribution in [2.24, 2.45) is 11.1 Å². The monoisotopic (exact) mass is 285 g/mol. The van der Waals surface area contributed by atoms with E-state index >= 15 is 0 Å². The van der Waals surface area contributed by atoms with E-state index in [4.69, 9.17) is 18.0 Å². The first-order valence-electron chi connectivity index (χ1n) is 7.25. The Morgan fingerprint density at radius 2 is 1.84 bits per heavy atom. The van der Waals surface area contributed by atoms with E-state index in [1.807, 2.05) is 20.9 Å². The van der Waals surface area contributed by atoms with E-state index in [2.05, 4.69) is 4.90 Å². The highest BCUT2D eigenvalue weighted by Crippen LogP contribution is 2.29. The van der Waals surface area contributed by atoms with E-state index in [0.717, 1.165) is 26.2 Å². The van der Waals surface area contributed by atoms with Crippen molar-refractivity contribution < 1.29 is 4.79 Å². The average Bonchev–Trinajstić information content (AvgIpc) is 2.90. The van der Waals surface area contributed by atoms with Crippen LogP contribution in [0.4, 0.5) is 0 Å². The lowest BCUT2D eigenvalue weighted by atomic mass is 9.81. The zero-order valence-electron chi connectivity index (χ0n) is 12.4. The molecule has 0 aromatic carbocycles. The van der Waals surface area contributed by atoms with Crippen molar-refractivity contribution in [3.05, 3.63) is 0 Å². The molecule has 5 heteroatoms. The molecule has 0 aliphatic carbocycles. The predicted molar refractivity (Wildman–Crippen MR) is 83.1 cm³/mol. The molecule has 0 aromatic rings. The first-order valence-corrected chi connectivity index (χ1v) is 7.66. The molecule has 4 nitrogen and oxygen atoms in total. The predicted octanol–water partition coefficient (Wildman–Crippen LogP) is 1.63. The zero-order chi connectivity index (χ0) is 14.5. The van der Waals surface area contributed by atoms with Gasteiger partial charge in [-0.25, -0.2) is 0 Å². The standard InChI is InChI=1S/C14H27N3OS/c1-4-14(5-2,12(15)19)13(18)16(3)10-11-17-8-6-7-9-17/h4-11H2,1-3H3,(H2,15,19). The molecule has 1 fully saturated rings. The summed E-state index contributed by atoms with van der Waals surface area (Å²) < 4.78 is 0. The maximum absolute atomic E-state index is 12.6. The fourth-order valence-corrected chi connectivity index (χ4v) is 3.15. The van der Waals surface area contributed by atoms with Crippen LogP contribution in [0, 0.1) is 5.41 Å². The second-order valence-corrected chi connectivity index (χ2v) is 5.87. The van der Waals surface area contributed by atoms with E-state index in [1.54, 1.807) is 4.90 Å². The molecule has 0 atom stereocenters. The third-order valence-corrected chi connectivity index (χ3v) is 4.78. The molecule has 1 heterocycles. The van der Waals surface area contributed by atoms with Crippen LogP contribution in [0.15, 0.2) is 0 Å². The van der Waals surface area contributed by atoms with Crippen LogP contribution in [0.1, 0.15) is 39.5 Å². The van der Waals surface area contributed by atoms with Crippen molar-refractivity contribution >= 4 is 23.1 Å². The van der Waals surface area contributed by atoms with Crippen molar-refractivity contribution in [1.82, 2.24) is 9.80 Å². The Balaban J connectivity index is 2.60. The van der Waals surface area contributed by atoms with E-state index in [1.165, 1.54) is 12.8 Å². The number of hydrogen-bond acceptors (Lipinski definition) is 3. The second kappa shape index (κ2) is 7.20. The molecule has 2 N–H and O–H groups in total. The van der Waals surface area contributed by atoms with Gasteiger partial charge in [-0.15, -0.1) is 0 Å². The third-order valence-electron chi connectivity index (χ3n) is 4.39. The molecule has 0 radical (unpaired) electrons. The number of carbonyl (C=O) groups is 1. The maximum atomic E-state index is 12.6. The van der Waals surface area contributed by atoms with Crippen LogP contribution >= 0.6 is 12.2 Å². The summed E-state index contributed by atoms with van der Waals surface area (Å²) >= 11 is 5.13. The van der Waals surface area contributed by atoms with Gasteiger partial charge in [0.2, 0.25) is 5.91 Å². The molecule has 1 amide bonds. The molecular formula is C14H27N3OS. The summed E-state index contributed by atoms with van der Waals surface area (Å²) in [5.74, 6) is 0.0733. The minimum absolute atomic E-state index is 0.0733. The van der Waals surface area contributed by atoms with Crippen LogP contribution in [0.2, 0.25) is 0 Å². The topological polar surface area (TPSA) is 49.6 Å². The lowest BCUT2D eigenvalue weighted by Crippen LogP contribution is -2.50. The van der Waals surface area contributed by atoms with Gasteiger partial charge < -0.3 is 15.5 Å². The van der Waals surface area contributed by atoms with E-state index < -0.39 is 5.41 Å². The van der Waals surface area contributed by atoms with Crippen LogP contribution < -0.4 is 5.73 Å². The summed E-state index contributed by atoms with van der Waals surface area (Å²) in [6.45, 7) is 7.98. The quantitative estimate of drug-likeness (QED) is 0.722. The summed E-state index contributed by atoms with van der Waals surface area (Å²) in [5, 5.41) is 0. The Kier molecular flexibility index (Phi) is 6.20. The van der Waals surface area contributed by atoms with Crippen molar-refractivity contribution in [3.63, 3.8) is 0 Å². The van der Waals surface area contributed by atoms with Crippen LogP contribution in [0.25, 0.3) is 0 Å². The Morgan fingerprint density at radius 1 is 1.32 bits per heavy atom. The zero-order valence-corrected chi connectivity index (χ0v) is 13.3. The second-order valence-electron chi connectivity index (χ2n) is 5.43. The summed E-state index contributed by atoms with van der Waals surface area (Å²) in [6.07, 6.45) is 3.90. The lowest BCUT2D eigenvalue weighted by Gasteiger charge is -2.34. The highest BCUT2D eigenvalue weighted by Gasteiger charge is 2.39. The largest absolute Gasteiger partial charge is 0.392 e. The van der Waals surface area contributed by atoms with Gasteiger partial charge >= 0.3 is 0 Å². The Morgan fingerprint density at radius 3 is 2.26 bits per heavy atom. The van der Waals surface area contributed by atoms with Crippen LogP contribution in [0.5, 0.6) is 0 Å². The first-order chi connectivity index (χ1) is 8.97. The molecule has 0 aromatic heterocycles. The van der Waals surface area contributed by atoms with Gasteiger partial charge in [0.15, 0.2) is 0 Å². The van der Waals surface area contributed by atoms with Crippen molar-refractivity contribution in [1.29, 1.82) is 0 Å². The number of nitrogens with zero attached hydrogens (tertiary/aromatic N) is 2. The first kappa shape index (κ1) is 16.4. The molecule has 0 unspecified atom stereocenters. The number of likely N-dealkylation sites (N-methyl/N-ethyl adjacent to an activating group) is 1. The summed E-state index contributed by atoms with van der Waals surface area (Å²) in [4.78, 5) is 17.1. The minimum atomic E-state index is -0.658. The number of amides is 1. The highest BCUT2D eigenvalue weighted by molar-refractivity contribution is 7.80. The van der Waals surface area contributed by atoms with Crippen LogP contribution in [0.3, 0.4) is 0 Å². The Bertz CT molecular complexity index is 323. The average molecular weight is 285 g/mol. The van der Waals surface area contributed by atoms with Crippen molar-refractivity contribution in [2.45, 2.75) is 39.5 Å². The SMILES string of the molecule is CCC(CC)(C(=O)N(C)CCN1CCCC1)C(N)=S. The highest BCUT2D eigenvalue weighted by atomic mass is 32.1. The number of hydrogen-bond donors (Lipinski definition) is 1. The summed E-state index contributed by atoms with van der Waals surface area (Å²) in [7, 11) is 1.86. The van der Waals surface area contributed by atoms with Gasteiger partial charge in [0.05, 0.1) is 10.4 Å². The van der Waals surface area contributed by atoms with Crippen molar-refractivity contribution in [2.75, 3.05) is 33.2 Å². The van der Waals surface area contributed by atoms with Gasteiger partial charge in [-0.3, -0.25) is 4.79 Å². The molecular weight excluding hydrogens is 258 g/mol. The van der Waals surface area contributed by atoms with Crippen molar-refractivity contribution in [3.8, 4) is 0 Å². The molecule has 1 aliphatic rings. The molecule has 1 aliphatic heterocycles. The molecule has 0 bridgehead atoms. The van der Waals surface area contributed by atoms with E-state index in [9.17, 15) is 4.79 Å². The molecule has 110 valence electrons. The van der Waals surface area contributed by atoms with Gasteiger partial charge in [0.25, 0.3) is 0 Å². The van der Waals surface area contributed by atoms with Gasteiger partial charge in [0.1, 0.15) is 0 Å². The Labute approximate surface area is 122 Å². The van der Waals surface area contributed by atoms with Gasteiger partial charge in [-0.1, -0.05) is 26.1 Å². The van der Waals surface area contributed by atoms with E-state index in [-0.39, 0.29) is 5.91 Å². The van der Waals surface area contributed by atoms with Crippen LogP contribution in [-0.4, -0.2) is 53.9 Å². The fourth-order valence-electron chi connectivity index (χ4n) is 2.77. The minimum Gasteiger partial charge on any atom is -0.392 e. The molecule has 1 saturated heterocycles. The van der Waals surface area contributed by atoms with Gasteiger partial charge in [-0.05, 0) is 38.8 Å². The Hall–Kier alpha value is -0.680. The molecule has 1 rings (SSSR count). The molecule has 19 heavy (non-hydrogen) atoms. The number of rotatable bonds is 7. The molecule has 0 saturated carbocycles. The third kappa shape index (κ3) is 3.66. The fraction of sp³-hybridized carbons (Fsp3) is 0.857. The van der Waals surface area contributed by atoms with Crippen LogP contribution in [-0.2, 0) is 4.79 Å². The summed E-state index contributed by atoms with van der Waals surface area (Å²) in [6, 6.07) is 0. The van der Waals surface area contributed by atoms with E-state index in [0.29, 0.717) is 17.8 Å². The van der Waals surface area contributed by atoms with Gasteiger partial charge in [0, 0.05) is 20.1 Å². The lowest BCUT2D eigenvalue weighted by molar-refractivity contribution is -0.137. The number of likely N-dealkylation sites (tertiary alicyclic amines) is 1. The number of carbonyl (C=O) groups excluding carboxylic acids is 1. The maximum Gasteiger partial charge on any atom is 0.235 e. The smallest absolute Gasteiger partial charge is 0.235 e.